The second-order valence-corrected chi connectivity index (χ2v) is 5.83. The number of rotatable bonds is 5. The zero-order valence-electron chi connectivity index (χ0n) is 11.3. The van der Waals surface area contributed by atoms with Gasteiger partial charge in [0, 0.05) is 6.07 Å². The van der Waals surface area contributed by atoms with Crippen LogP contribution in [0.25, 0.3) is 0 Å². The highest BCUT2D eigenvalue weighted by molar-refractivity contribution is 7.88. The molecule has 0 saturated carbocycles. The molecule has 0 aromatic heterocycles. The maximum atomic E-state index is 11.8. The van der Waals surface area contributed by atoms with E-state index < -0.39 is 22.0 Å². The highest BCUT2D eigenvalue weighted by Crippen LogP contribution is 2.24. The summed E-state index contributed by atoms with van der Waals surface area (Å²) in [6.45, 7) is 1.44. The van der Waals surface area contributed by atoms with Gasteiger partial charge in [0.2, 0.25) is 15.9 Å². The van der Waals surface area contributed by atoms with Crippen molar-refractivity contribution in [1.82, 2.24) is 4.72 Å². The van der Waals surface area contributed by atoms with E-state index in [-0.39, 0.29) is 12.4 Å². The van der Waals surface area contributed by atoms with Crippen LogP contribution in [-0.2, 0) is 14.8 Å². The minimum absolute atomic E-state index is 0. The number of hydrogen-bond acceptors (Lipinski definition) is 5. The van der Waals surface area contributed by atoms with Gasteiger partial charge >= 0.3 is 0 Å². The fourth-order valence-corrected chi connectivity index (χ4v) is 2.14. The van der Waals surface area contributed by atoms with Crippen LogP contribution in [-0.4, -0.2) is 33.7 Å². The number of amides is 1. The Labute approximate surface area is 124 Å². The Morgan fingerprint density at radius 3 is 2.50 bits per heavy atom. The number of halogens is 1. The van der Waals surface area contributed by atoms with Crippen LogP contribution in [0, 0.1) is 0 Å². The summed E-state index contributed by atoms with van der Waals surface area (Å²) in [5, 5.41) is 2.54. The summed E-state index contributed by atoms with van der Waals surface area (Å²) in [7, 11) is -1.96. The van der Waals surface area contributed by atoms with Gasteiger partial charge < -0.3 is 15.8 Å². The van der Waals surface area contributed by atoms with E-state index >= 15 is 0 Å². The number of carbonyl (C=O) groups excluding carboxylic acids is 1. The van der Waals surface area contributed by atoms with Crippen molar-refractivity contribution in [2.75, 3.05) is 24.4 Å². The lowest BCUT2D eigenvalue weighted by Gasteiger charge is -2.14. The van der Waals surface area contributed by atoms with Crippen molar-refractivity contribution in [3.8, 4) is 5.75 Å². The van der Waals surface area contributed by atoms with Gasteiger partial charge in [-0.2, -0.15) is 0 Å². The largest absolute Gasteiger partial charge is 0.497 e. The molecule has 1 atom stereocenters. The topological polar surface area (TPSA) is 111 Å². The van der Waals surface area contributed by atoms with Crippen molar-refractivity contribution in [2.24, 2.45) is 0 Å². The number of hydrogen-bond donors (Lipinski definition) is 3. The number of benzene rings is 1. The van der Waals surface area contributed by atoms with E-state index in [4.69, 9.17) is 10.5 Å². The Balaban J connectivity index is 0.00000361. The first-order chi connectivity index (χ1) is 8.73. The van der Waals surface area contributed by atoms with Crippen molar-refractivity contribution < 1.29 is 17.9 Å². The van der Waals surface area contributed by atoms with Gasteiger partial charge in [0.05, 0.1) is 30.8 Å². The summed E-state index contributed by atoms with van der Waals surface area (Å²) in [6.07, 6.45) is 0.983. The molecule has 0 aliphatic rings. The SMILES string of the molecule is COc1ccc(N)c(NC(=O)C(C)NS(C)(=O)=O)c1.Cl. The lowest BCUT2D eigenvalue weighted by Crippen LogP contribution is -2.41. The number of nitrogens with one attached hydrogen (secondary N) is 2. The molecule has 114 valence electrons. The molecule has 0 radical (unpaired) electrons. The van der Waals surface area contributed by atoms with Crippen LogP contribution < -0.4 is 20.5 Å². The molecule has 0 saturated heterocycles. The summed E-state index contributed by atoms with van der Waals surface area (Å²) in [5.74, 6) is 0.0265. The highest BCUT2D eigenvalue weighted by Gasteiger charge is 2.17. The average molecular weight is 324 g/mol. The summed E-state index contributed by atoms with van der Waals surface area (Å²) in [4.78, 5) is 11.8. The van der Waals surface area contributed by atoms with Crippen LogP contribution >= 0.6 is 12.4 Å². The molecule has 1 aromatic rings. The molecule has 1 amide bonds. The second kappa shape index (κ2) is 7.32. The van der Waals surface area contributed by atoms with Crippen molar-refractivity contribution in [3.05, 3.63) is 18.2 Å². The van der Waals surface area contributed by atoms with Crippen molar-refractivity contribution in [3.63, 3.8) is 0 Å². The third-order valence-corrected chi connectivity index (χ3v) is 3.08. The number of ether oxygens (including phenoxy) is 1. The molecule has 0 aliphatic carbocycles. The van der Waals surface area contributed by atoms with Crippen LogP contribution in [0.15, 0.2) is 18.2 Å². The number of nitrogens with two attached hydrogens (primary N) is 1. The van der Waals surface area contributed by atoms with E-state index in [9.17, 15) is 13.2 Å². The van der Waals surface area contributed by atoms with Crippen LogP contribution in [0.4, 0.5) is 11.4 Å². The third-order valence-electron chi connectivity index (χ3n) is 2.30. The Morgan fingerprint density at radius 2 is 2.00 bits per heavy atom. The summed E-state index contributed by atoms with van der Waals surface area (Å²) in [5.41, 5.74) is 6.44. The fraction of sp³-hybridized carbons (Fsp3) is 0.364. The molecule has 1 rings (SSSR count). The quantitative estimate of drug-likeness (QED) is 0.686. The Kier molecular flexibility index (Phi) is 6.77. The molecule has 0 fully saturated rings. The second-order valence-electron chi connectivity index (χ2n) is 4.05. The van der Waals surface area contributed by atoms with Crippen molar-refractivity contribution >= 4 is 39.7 Å². The normalized spacial score (nSPS) is 12.2. The Morgan fingerprint density at radius 1 is 1.40 bits per heavy atom. The van der Waals surface area contributed by atoms with Gasteiger partial charge in [-0.1, -0.05) is 0 Å². The zero-order chi connectivity index (χ0) is 14.6. The minimum atomic E-state index is -3.45. The number of sulfonamides is 1. The predicted molar refractivity (Wildman–Crippen MR) is 80.7 cm³/mol. The minimum Gasteiger partial charge on any atom is -0.497 e. The summed E-state index contributed by atoms with van der Waals surface area (Å²) in [6, 6.07) is 3.90. The van der Waals surface area contributed by atoms with Gasteiger partial charge in [0.15, 0.2) is 0 Å². The maximum Gasteiger partial charge on any atom is 0.242 e. The van der Waals surface area contributed by atoms with Crippen molar-refractivity contribution in [2.45, 2.75) is 13.0 Å². The van der Waals surface area contributed by atoms with Gasteiger partial charge in [-0.3, -0.25) is 4.79 Å². The van der Waals surface area contributed by atoms with Gasteiger partial charge in [0.25, 0.3) is 0 Å². The molecule has 7 nitrogen and oxygen atoms in total. The molecule has 0 heterocycles. The third kappa shape index (κ3) is 5.64. The average Bonchev–Trinajstić information content (AvgIpc) is 2.29. The Hall–Kier alpha value is -1.51. The molecule has 4 N–H and O–H groups in total. The highest BCUT2D eigenvalue weighted by atomic mass is 35.5. The van der Waals surface area contributed by atoms with Crippen molar-refractivity contribution in [1.29, 1.82) is 0 Å². The number of nitrogen functional groups attached to an aromatic ring is 1. The zero-order valence-corrected chi connectivity index (χ0v) is 13.0. The molecule has 20 heavy (non-hydrogen) atoms. The predicted octanol–water partition coefficient (Wildman–Crippen LogP) is 0.575. The van der Waals surface area contributed by atoms with E-state index in [0.29, 0.717) is 17.1 Å². The number of methoxy groups -OCH3 is 1. The summed E-state index contributed by atoms with van der Waals surface area (Å²) >= 11 is 0. The smallest absolute Gasteiger partial charge is 0.242 e. The molecule has 1 aromatic carbocycles. The van der Waals surface area contributed by atoms with Gasteiger partial charge in [-0.25, -0.2) is 13.1 Å². The van der Waals surface area contributed by atoms with Crippen LogP contribution in [0.1, 0.15) is 6.92 Å². The van der Waals surface area contributed by atoms with Crippen LogP contribution in [0.5, 0.6) is 5.75 Å². The first kappa shape index (κ1) is 18.5. The van der Waals surface area contributed by atoms with Gasteiger partial charge in [-0.15, -0.1) is 12.4 Å². The van der Waals surface area contributed by atoms with Gasteiger partial charge in [-0.05, 0) is 19.1 Å². The van der Waals surface area contributed by atoms with Gasteiger partial charge in [0.1, 0.15) is 5.75 Å². The van der Waals surface area contributed by atoms with E-state index in [1.165, 1.54) is 14.0 Å². The molecule has 1 unspecified atom stereocenters. The van der Waals surface area contributed by atoms with Crippen LogP contribution in [0.2, 0.25) is 0 Å². The van der Waals surface area contributed by atoms with E-state index in [0.717, 1.165) is 6.26 Å². The number of carbonyl (C=O) groups is 1. The Bertz CT molecular complexity index is 577. The molecule has 0 bridgehead atoms. The lowest BCUT2D eigenvalue weighted by atomic mass is 10.2. The monoisotopic (exact) mass is 323 g/mol. The molecule has 9 heteroatoms. The summed E-state index contributed by atoms with van der Waals surface area (Å²) < 4.78 is 29.2. The molecule has 0 aliphatic heterocycles. The molecular weight excluding hydrogens is 306 g/mol. The van der Waals surface area contributed by atoms with E-state index in [2.05, 4.69) is 10.0 Å². The maximum absolute atomic E-state index is 11.8. The van der Waals surface area contributed by atoms with E-state index in [1.807, 2.05) is 0 Å². The van der Waals surface area contributed by atoms with Crippen LogP contribution in [0.3, 0.4) is 0 Å². The first-order valence-corrected chi connectivity index (χ1v) is 7.34. The van der Waals surface area contributed by atoms with E-state index in [1.54, 1.807) is 18.2 Å². The number of anilines is 2. The fourth-order valence-electron chi connectivity index (χ4n) is 1.39. The standard InChI is InChI=1S/C11H17N3O4S.ClH/c1-7(14-19(3,16)17)11(15)13-10-6-8(18-2)4-5-9(10)12;/h4-7,14H,12H2,1-3H3,(H,13,15);1H. The first-order valence-electron chi connectivity index (χ1n) is 5.44. The molecular formula is C11H18ClN3O4S. The lowest BCUT2D eigenvalue weighted by molar-refractivity contribution is -0.117. The molecule has 0 spiro atoms.